The third-order valence-corrected chi connectivity index (χ3v) is 1.98. The largest absolute Gasteiger partial charge is 0.508 e. The molecule has 0 heterocycles. The number of aromatic hydroxyl groups is 1. The summed E-state index contributed by atoms with van der Waals surface area (Å²) >= 11 is 2.10. The van der Waals surface area contributed by atoms with Crippen molar-refractivity contribution in [1.82, 2.24) is 0 Å². The van der Waals surface area contributed by atoms with Gasteiger partial charge in [-0.15, -0.1) is 0 Å². The highest BCUT2D eigenvalue weighted by Crippen LogP contribution is 2.23. The van der Waals surface area contributed by atoms with Crippen molar-refractivity contribution in [1.29, 1.82) is 0 Å². The van der Waals surface area contributed by atoms with Crippen molar-refractivity contribution >= 4 is 22.6 Å². The van der Waals surface area contributed by atoms with Gasteiger partial charge in [0.1, 0.15) is 11.5 Å². The van der Waals surface area contributed by atoms with Crippen LogP contribution in [-0.2, 0) is 0 Å². The maximum atomic E-state index is 8.97. The summed E-state index contributed by atoms with van der Waals surface area (Å²) in [6.45, 7) is 0. The number of ether oxygens (including phenoxy) is 1. The van der Waals surface area contributed by atoms with E-state index in [1.54, 1.807) is 25.3 Å². The van der Waals surface area contributed by atoms with Gasteiger partial charge in [0, 0.05) is 0 Å². The summed E-state index contributed by atoms with van der Waals surface area (Å²) in [6.07, 6.45) is 0. The van der Waals surface area contributed by atoms with Crippen LogP contribution in [0.4, 0.5) is 0 Å². The van der Waals surface area contributed by atoms with E-state index in [4.69, 9.17) is 9.84 Å². The number of halogens is 1. The van der Waals surface area contributed by atoms with E-state index in [2.05, 4.69) is 22.6 Å². The Morgan fingerprint density at radius 1 is 1.50 bits per heavy atom. The van der Waals surface area contributed by atoms with Crippen LogP contribution in [0.5, 0.6) is 11.5 Å². The lowest BCUT2D eigenvalue weighted by Gasteiger charge is -2.01. The third kappa shape index (κ3) is 1.53. The monoisotopic (exact) mass is 250 g/mol. The molecule has 1 N–H and O–H groups in total. The normalized spacial score (nSPS) is 9.40. The van der Waals surface area contributed by atoms with Gasteiger partial charge in [-0.2, -0.15) is 0 Å². The van der Waals surface area contributed by atoms with Crippen LogP contribution in [0.25, 0.3) is 0 Å². The van der Waals surface area contributed by atoms with Gasteiger partial charge in [-0.3, -0.25) is 0 Å². The van der Waals surface area contributed by atoms with Gasteiger partial charge in [0.05, 0.1) is 10.7 Å². The summed E-state index contributed by atoms with van der Waals surface area (Å²) in [4.78, 5) is 0. The van der Waals surface area contributed by atoms with Gasteiger partial charge in [0.25, 0.3) is 0 Å². The van der Waals surface area contributed by atoms with Crippen LogP contribution in [0.1, 0.15) is 0 Å². The minimum Gasteiger partial charge on any atom is -0.508 e. The first-order valence-electron chi connectivity index (χ1n) is 2.76. The van der Waals surface area contributed by atoms with Crippen LogP contribution in [0, 0.1) is 3.57 Å². The van der Waals surface area contributed by atoms with Crippen molar-refractivity contribution in [2.24, 2.45) is 0 Å². The van der Waals surface area contributed by atoms with Crippen LogP contribution >= 0.6 is 22.6 Å². The highest BCUT2D eigenvalue weighted by Gasteiger charge is 1.98. The van der Waals surface area contributed by atoms with Gasteiger partial charge in [-0.05, 0) is 40.8 Å². The van der Waals surface area contributed by atoms with Crippen LogP contribution < -0.4 is 4.74 Å². The summed E-state index contributed by atoms with van der Waals surface area (Å²) in [5.41, 5.74) is 0. The molecule has 0 aromatic heterocycles. The highest BCUT2D eigenvalue weighted by molar-refractivity contribution is 14.1. The van der Waals surface area contributed by atoms with Gasteiger partial charge in [-0.1, -0.05) is 0 Å². The summed E-state index contributed by atoms with van der Waals surface area (Å²) in [7, 11) is 1.61. The fourth-order valence-electron chi connectivity index (χ4n) is 0.655. The van der Waals surface area contributed by atoms with Crippen molar-refractivity contribution in [3.63, 3.8) is 0 Å². The molecule has 0 radical (unpaired) electrons. The second kappa shape index (κ2) is 3.09. The number of benzene rings is 1. The van der Waals surface area contributed by atoms with E-state index in [9.17, 15) is 0 Å². The minimum atomic E-state index is 0.269. The summed E-state index contributed by atoms with van der Waals surface area (Å²) < 4.78 is 5.90. The maximum Gasteiger partial charge on any atom is 0.132 e. The first kappa shape index (κ1) is 7.65. The molecule has 2 nitrogen and oxygen atoms in total. The first-order valence-corrected chi connectivity index (χ1v) is 3.84. The maximum absolute atomic E-state index is 8.97. The smallest absolute Gasteiger partial charge is 0.132 e. The van der Waals surface area contributed by atoms with Gasteiger partial charge < -0.3 is 9.84 Å². The first-order chi connectivity index (χ1) is 4.74. The van der Waals surface area contributed by atoms with Crippen molar-refractivity contribution in [2.45, 2.75) is 0 Å². The Morgan fingerprint density at radius 3 is 2.70 bits per heavy atom. The lowest BCUT2D eigenvalue weighted by molar-refractivity contribution is 0.409. The lowest BCUT2D eigenvalue weighted by atomic mass is 10.3. The number of hydrogen-bond donors (Lipinski definition) is 1. The minimum absolute atomic E-state index is 0.269. The third-order valence-electron chi connectivity index (χ3n) is 1.14. The van der Waals surface area contributed by atoms with Crippen molar-refractivity contribution in [3.05, 3.63) is 21.8 Å². The second-order valence-electron chi connectivity index (χ2n) is 1.82. The molecule has 0 amide bonds. The Kier molecular flexibility index (Phi) is 2.37. The van der Waals surface area contributed by atoms with Gasteiger partial charge >= 0.3 is 0 Å². The average molecular weight is 250 g/mol. The van der Waals surface area contributed by atoms with Crippen molar-refractivity contribution in [2.75, 3.05) is 7.11 Å². The Balaban J connectivity index is 3.07. The molecule has 0 atom stereocenters. The predicted octanol–water partition coefficient (Wildman–Crippen LogP) is 2.01. The number of phenols is 1. The molecule has 0 aliphatic carbocycles. The quantitative estimate of drug-likeness (QED) is 0.772. The SMILES string of the molecule is COc1ccc(O)cc1I. The fraction of sp³-hybridized carbons (Fsp3) is 0.143. The predicted molar refractivity (Wildman–Crippen MR) is 47.4 cm³/mol. The molecule has 0 aliphatic rings. The van der Waals surface area contributed by atoms with Crippen LogP contribution in [0.15, 0.2) is 18.2 Å². The Bertz CT molecular complexity index is 235. The van der Waals surface area contributed by atoms with Gasteiger partial charge in [0.15, 0.2) is 0 Å². The van der Waals surface area contributed by atoms with Gasteiger partial charge in [-0.25, -0.2) is 0 Å². The topological polar surface area (TPSA) is 29.5 Å². The summed E-state index contributed by atoms with van der Waals surface area (Å²) in [5.74, 6) is 1.06. The zero-order valence-electron chi connectivity index (χ0n) is 5.47. The molecular formula is C7H7IO2. The molecule has 0 fully saturated rings. The summed E-state index contributed by atoms with van der Waals surface area (Å²) in [6, 6.07) is 4.98. The van der Waals surface area contributed by atoms with E-state index in [1.165, 1.54) is 0 Å². The zero-order valence-corrected chi connectivity index (χ0v) is 7.62. The second-order valence-corrected chi connectivity index (χ2v) is 2.98. The number of rotatable bonds is 1. The molecular weight excluding hydrogens is 243 g/mol. The molecule has 1 aromatic rings. The Labute approximate surface area is 73.0 Å². The molecule has 54 valence electrons. The van der Waals surface area contributed by atoms with E-state index < -0.39 is 0 Å². The van der Waals surface area contributed by atoms with Crippen molar-refractivity contribution < 1.29 is 9.84 Å². The fourth-order valence-corrected chi connectivity index (χ4v) is 1.37. The molecule has 1 aromatic carbocycles. The molecule has 0 bridgehead atoms. The average Bonchev–Trinajstić information content (AvgIpc) is 1.88. The Hall–Kier alpha value is -0.450. The van der Waals surface area contributed by atoms with Crippen LogP contribution in [0.2, 0.25) is 0 Å². The van der Waals surface area contributed by atoms with E-state index in [0.717, 1.165) is 9.32 Å². The molecule has 1 rings (SSSR count). The molecule has 3 heteroatoms. The van der Waals surface area contributed by atoms with E-state index >= 15 is 0 Å². The molecule has 10 heavy (non-hydrogen) atoms. The molecule has 0 aliphatic heterocycles. The van der Waals surface area contributed by atoms with Crippen LogP contribution in [0.3, 0.4) is 0 Å². The van der Waals surface area contributed by atoms with E-state index in [1.807, 2.05) is 0 Å². The standard InChI is InChI=1S/C7H7IO2/c1-10-7-3-2-5(9)4-6(7)8/h2-4,9H,1H3. The highest BCUT2D eigenvalue weighted by atomic mass is 127. The molecule has 0 unspecified atom stereocenters. The molecule has 0 spiro atoms. The van der Waals surface area contributed by atoms with E-state index in [0.29, 0.717) is 0 Å². The number of methoxy groups -OCH3 is 1. The molecule has 0 saturated carbocycles. The number of hydrogen-bond acceptors (Lipinski definition) is 2. The van der Waals surface area contributed by atoms with Gasteiger partial charge in [0.2, 0.25) is 0 Å². The zero-order chi connectivity index (χ0) is 7.56. The Morgan fingerprint density at radius 2 is 2.20 bits per heavy atom. The summed E-state index contributed by atoms with van der Waals surface area (Å²) in [5, 5.41) is 8.97. The van der Waals surface area contributed by atoms with Crippen molar-refractivity contribution in [3.8, 4) is 11.5 Å². The number of phenolic OH excluding ortho intramolecular Hbond substituents is 1. The molecule has 0 saturated heterocycles. The van der Waals surface area contributed by atoms with E-state index in [-0.39, 0.29) is 5.75 Å². The lowest BCUT2D eigenvalue weighted by Crippen LogP contribution is -1.84. The van der Waals surface area contributed by atoms with Crippen LogP contribution in [-0.4, -0.2) is 12.2 Å².